The minimum absolute atomic E-state index is 0.148. The van der Waals surface area contributed by atoms with Gasteiger partial charge in [-0.3, -0.25) is 9.36 Å². The molecule has 2 aromatic heterocycles. The summed E-state index contributed by atoms with van der Waals surface area (Å²) in [5.74, 6) is 2.45. The topological polar surface area (TPSA) is 95.1 Å². The lowest BCUT2D eigenvalue weighted by molar-refractivity contribution is -0.113. The van der Waals surface area contributed by atoms with Crippen molar-refractivity contribution in [3.63, 3.8) is 0 Å². The zero-order chi connectivity index (χ0) is 22.5. The minimum Gasteiger partial charge on any atom is -0.494 e. The van der Waals surface area contributed by atoms with Crippen LogP contribution >= 0.6 is 11.8 Å². The lowest BCUT2D eigenvalue weighted by Gasteiger charge is -2.12. The average Bonchev–Trinajstić information content (AvgIpc) is 3.39. The van der Waals surface area contributed by atoms with Crippen molar-refractivity contribution in [2.24, 2.45) is 0 Å². The molecule has 1 amide bonds. The molecule has 2 heterocycles. The first-order chi connectivity index (χ1) is 15.5. The van der Waals surface area contributed by atoms with Gasteiger partial charge in [0.2, 0.25) is 5.91 Å². The van der Waals surface area contributed by atoms with E-state index < -0.39 is 0 Å². The van der Waals surface area contributed by atoms with Crippen LogP contribution in [0, 0.1) is 13.8 Å². The molecule has 2 aromatic carbocycles. The van der Waals surface area contributed by atoms with Crippen LogP contribution in [0.1, 0.15) is 18.2 Å². The number of benzene rings is 2. The van der Waals surface area contributed by atoms with Crippen LogP contribution in [-0.4, -0.2) is 38.2 Å². The lowest BCUT2D eigenvalue weighted by Crippen LogP contribution is -2.14. The molecule has 0 bridgehead atoms. The molecule has 4 aromatic rings. The molecule has 0 atom stereocenters. The minimum atomic E-state index is -0.207. The first-order valence-electron chi connectivity index (χ1n) is 10.1. The standard InChI is InChI=1S/C23H23N5O3S/c1-4-30-19-10-8-18(9-11-19)28-22(17-7-5-6-15(2)12-17)25-26-23(28)32-14-21(29)24-20-13-16(3)31-27-20/h5-13H,4,14H2,1-3H3,(H,24,27,29). The van der Waals surface area contributed by atoms with E-state index in [9.17, 15) is 4.79 Å². The molecule has 9 heteroatoms. The smallest absolute Gasteiger partial charge is 0.236 e. The molecular formula is C23H23N5O3S. The van der Waals surface area contributed by atoms with E-state index >= 15 is 0 Å². The van der Waals surface area contributed by atoms with Crippen molar-refractivity contribution in [3.8, 4) is 22.8 Å². The number of carbonyl (C=O) groups is 1. The number of rotatable bonds is 8. The van der Waals surface area contributed by atoms with Crippen molar-refractivity contribution in [3.05, 3.63) is 65.9 Å². The fourth-order valence-electron chi connectivity index (χ4n) is 3.16. The Hall–Kier alpha value is -3.59. The van der Waals surface area contributed by atoms with Gasteiger partial charge in [0.25, 0.3) is 0 Å². The highest BCUT2D eigenvalue weighted by Gasteiger charge is 2.18. The van der Waals surface area contributed by atoms with Crippen molar-refractivity contribution >= 4 is 23.5 Å². The number of amides is 1. The third kappa shape index (κ3) is 5.00. The predicted molar refractivity (Wildman–Crippen MR) is 123 cm³/mol. The summed E-state index contributed by atoms with van der Waals surface area (Å²) in [6.45, 7) is 6.35. The summed E-state index contributed by atoms with van der Waals surface area (Å²) in [4.78, 5) is 12.4. The average molecular weight is 450 g/mol. The SMILES string of the molecule is CCOc1ccc(-n2c(SCC(=O)Nc3cc(C)on3)nnc2-c2cccc(C)c2)cc1. The number of nitrogens with one attached hydrogen (secondary N) is 1. The first kappa shape index (κ1) is 21.6. The quantitative estimate of drug-likeness (QED) is 0.391. The highest BCUT2D eigenvalue weighted by atomic mass is 32.2. The number of ether oxygens (including phenoxy) is 1. The molecule has 4 rings (SSSR count). The Balaban J connectivity index is 1.62. The third-order valence-electron chi connectivity index (χ3n) is 4.54. The maximum atomic E-state index is 12.4. The van der Waals surface area contributed by atoms with E-state index in [1.165, 1.54) is 11.8 Å². The maximum absolute atomic E-state index is 12.4. The Morgan fingerprint density at radius 3 is 2.62 bits per heavy atom. The second-order valence-electron chi connectivity index (χ2n) is 7.10. The molecule has 1 N–H and O–H groups in total. The van der Waals surface area contributed by atoms with E-state index in [0.29, 0.717) is 29.2 Å². The summed E-state index contributed by atoms with van der Waals surface area (Å²) in [6, 6.07) is 17.5. The first-order valence-corrected chi connectivity index (χ1v) is 11.1. The molecule has 0 aliphatic heterocycles. The van der Waals surface area contributed by atoms with Gasteiger partial charge in [0.1, 0.15) is 11.5 Å². The van der Waals surface area contributed by atoms with Crippen LogP contribution in [0.2, 0.25) is 0 Å². The third-order valence-corrected chi connectivity index (χ3v) is 5.47. The highest BCUT2D eigenvalue weighted by molar-refractivity contribution is 7.99. The van der Waals surface area contributed by atoms with E-state index in [2.05, 4.69) is 26.7 Å². The number of carbonyl (C=O) groups excluding carboxylic acids is 1. The van der Waals surface area contributed by atoms with Gasteiger partial charge in [-0.25, -0.2) is 0 Å². The van der Waals surface area contributed by atoms with Crippen LogP contribution in [0.5, 0.6) is 5.75 Å². The number of thioether (sulfide) groups is 1. The number of hydrogen-bond acceptors (Lipinski definition) is 7. The molecule has 0 saturated carbocycles. The van der Waals surface area contributed by atoms with Crippen LogP contribution in [0.25, 0.3) is 17.1 Å². The largest absolute Gasteiger partial charge is 0.494 e. The molecule has 0 saturated heterocycles. The van der Waals surface area contributed by atoms with Crippen molar-refractivity contribution < 1.29 is 14.1 Å². The number of nitrogens with zero attached hydrogens (tertiary/aromatic N) is 4. The molecule has 164 valence electrons. The maximum Gasteiger partial charge on any atom is 0.236 e. The van der Waals surface area contributed by atoms with Gasteiger partial charge in [0.15, 0.2) is 16.8 Å². The van der Waals surface area contributed by atoms with E-state index in [-0.39, 0.29) is 11.7 Å². The Labute approximate surface area is 190 Å². The summed E-state index contributed by atoms with van der Waals surface area (Å²) >= 11 is 1.30. The van der Waals surface area contributed by atoms with Gasteiger partial charge in [0, 0.05) is 17.3 Å². The van der Waals surface area contributed by atoms with Gasteiger partial charge < -0.3 is 14.6 Å². The van der Waals surface area contributed by atoms with Gasteiger partial charge in [-0.2, -0.15) is 0 Å². The van der Waals surface area contributed by atoms with Crippen LogP contribution in [0.15, 0.2) is 64.3 Å². The predicted octanol–water partition coefficient (Wildman–Crippen LogP) is 4.67. The molecule has 0 unspecified atom stereocenters. The Morgan fingerprint density at radius 2 is 1.94 bits per heavy atom. The van der Waals surface area contributed by atoms with E-state index in [1.807, 2.05) is 60.9 Å². The Morgan fingerprint density at radius 1 is 1.12 bits per heavy atom. The summed E-state index contributed by atoms with van der Waals surface area (Å²) < 4.78 is 12.5. The monoisotopic (exact) mass is 449 g/mol. The van der Waals surface area contributed by atoms with E-state index in [4.69, 9.17) is 9.26 Å². The molecule has 32 heavy (non-hydrogen) atoms. The fraction of sp³-hybridized carbons (Fsp3) is 0.217. The van der Waals surface area contributed by atoms with Crippen LogP contribution in [-0.2, 0) is 4.79 Å². The summed E-state index contributed by atoms with van der Waals surface area (Å²) in [6.07, 6.45) is 0. The van der Waals surface area contributed by atoms with Crippen LogP contribution in [0.4, 0.5) is 5.82 Å². The number of anilines is 1. The number of hydrogen-bond donors (Lipinski definition) is 1. The van der Waals surface area contributed by atoms with Gasteiger partial charge in [-0.15, -0.1) is 10.2 Å². The Bertz CT molecular complexity index is 1220. The zero-order valence-electron chi connectivity index (χ0n) is 18.0. The van der Waals surface area contributed by atoms with Gasteiger partial charge >= 0.3 is 0 Å². The number of aryl methyl sites for hydroxylation is 2. The lowest BCUT2D eigenvalue weighted by atomic mass is 10.1. The molecular weight excluding hydrogens is 426 g/mol. The summed E-state index contributed by atoms with van der Waals surface area (Å²) in [5.41, 5.74) is 2.95. The van der Waals surface area contributed by atoms with Crippen molar-refractivity contribution in [1.29, 1.82) is 0 Å². The zero-order valence-corrected chi connectivity index (χ0v) is 18.8. The molecule has 0 aliphatic carbocycles. The van der Waals surface area contributed by atoms with Gasteiger partial charge in [-0.05, 0) is 51.1 Å². The van der Waals surface area contributed by atoms with E-state index in [1.54, 1.807) is 13.0 Å². The molecule has 0 radical (unpaired) electrons. The van der Waals surface area contributed by atoms with Crippen molar-refractivity contribution in [2.75, 3.05) is 17.7 Å². The molecule has 0 fully saturated rings. The molecule has 8 nitrogen and oxygen atoms in total. The normalized spacial score (nSPS) is 10.8. The molecule has 0 aliphatic rings. The highest BCUT2D eigenvalue weighted by Crippen LogP contribution is 2.29. The second kappa shape index (κ2) is 9.69. The summed E-state index contributed by atoms with van der Waals surface area (Å²) in [5, 5.41) is 15.9. The number of aromatic nitrogens is 4. The summed E-state index contributed by atoms with van der Waals surface area (Å²) in [7, 11) is 0. The molecule has 0 spiro atoms. The van der Waals surface area contributed by atoms with Gasteiger partial charge in [-0.1, -0.05) is 40.7 Å². The van der Waals surface area contributed by atoms with Crippen molar-refractivity contribution in [1.82, 2.24) is 19.9 Å². The van der Waals surface area contributed by atoms with Crippen LogP contribution < -0.4 is 10.1 Å². The van der Waals surface area contributed by atoms with Crippen molar-refractivity contribution in [2.45, 2.75) is 25.9 Å². The Kier molecular flexibility index (Phi) is 6.55. The van der Waals surface area contributed by atoms with Gasteiger partial charge in [0.05, 0.1) is 12.4 Å². The van der Waals surface area contributed by atoms with E-state index in [0.717, 1.165) is 22.6 Å². The van der Waals surface area contributed by atoms with Crippen LogP contribution in [0.3, 0.4) is 0 Å². The second-order valence-corrected chi connectivity index (χ2v) is 8.04. The fourth-order valence-corrected chi connectivity index (χ4v) is 3.91.